The molecular weight excluding hydrogens is 847 g/mol. The van der Waals surface area contributed by atoms with E-state index in [0.29, 0.717) is 10.6 Å². The molecule has 6 nitrogen and oxygen atoms in total. The normalized spacial score (nSPS) is 14.1. The Kier molecular flexibility index (Phi) is 15.2. The number of carbonyl (C=O) groups excluding carboxylic acids is 2. The molecule has 5 aromatic rings. The number of rotatable bonds is 14. The van der Waals surface area contributed by atoms with Crippen LogP contribution in [0.3, 0.4) is 0 Å². The van der Waals surface area contributed by atoms with Gasteiger partial charge >= 0.3 is 6.09 Å². The fraction of sp³-hybridized carbons (Fsp3) is 0.360. The minimum atomic E-state index is -3.40. The molecule has 0 fully saturated rings. The van der Waals surface area contributed by atoms with Crippen LogP contribution < -0.4 is 31.6 Å². The van der Waals surface area contributed by atoms with Crippen LogP contribution in [0.25, 0.3) is 0 Å². The molecule has 336 valence electrons. The van der Waals surface area contributed by atoms with Crippen LogP contribution in [0.1, 0.15) is 74.8 Å². The van der Waals surface area contributed by atoms with Crippen LogP contribution >= 0.6 is 7.26 Å². The molecule has 5 aromatic carbocycles. The highest BCUT2D eigenvalue weighted by Gasteiger charge is 2.54. The Balaban J connectivity index is 1.80. The van der Waals surface area contributed by atoms with Crippen molar-refractivity contribution in [3.05, 3.63) is 156 Å². The Labute approximate surface area is 370 Å². The van der Waals surface area contributed by atoms with Gasteiger partial charge in [0.15, 0.2) is 23.3 Å². The number of amides is 2. The maximum absolute atomic E-state index is 16.0. The molecule has 13 heteroatoms. The van der Waals surface area contributed by atoms with Crippen LogP contribution in [0.15, 0.2) is 121 Å². The second kappa shape index (κ2) is 19.5. The van der Waals surface area contributed by atoms with Gasteiger partial charge in [-0.3, -0.25) is 4.79 Å². The molecule has 3 atom stereocenters. The lowest BCUT2D eigenvalue weighted by Crippen LogP contribution is -2.69. The number of halogens is 5. The number of nitrogens with one attached hydrogen (secondary N) is 2. The zero-order valence-corrected chi connectivity index (χ0v) is 39.6. The molecule has 5 rings (SSSR count). The number of carbonyl (C=O) groups is 2. The fourth-order valence-corrected chi connectivity index (χ4v) is 17.5. The number of ether oxygens (including phenoxy) is 1. The summed E-state index contributed by atoms with van der Waals surface area (Å²) in [5.41, 5.74) is -2.70. The van der Waals surface area contributed by atoms with Crippen molar-refractivity contribution in [2.24, 2.45) is 5.41 Å². The lowest BCUT2D eigenvalue weighted by atomic mass is 9.86. The first-order chi connectivity index (χ1) is 29.4. The van der Waals surface area contributed by atoms with E-state index in [1.54, 1.807) is 102 Å². The zero-order valence-electron chi connectivity index (χ0n) is 37.7. The molecule has 2 unspecified atom stereocenters. The van der Waals surface area contributed by atoms with Gasteiger partial charge in [0.1, 0.15) is 11.6 Å². The highest BCUT2D eigenvalue weighted by molar-refractivity contribution is 7.88. The average molecular weight is 906 g/mol. The van der Waals surface area contributed by atoms with E-state index in [-0.39, 0.29) is 6.16 Å². The zero-order chi connectivity index (χ0) is 46.5. The summed E-state index contributed by atoms with van der Waals surface area (Å²) in [4.78, 5) is 28.3. The van der Waals surface area contributed by atoms with Crippen LogP contribution in [0.4, 0.5) is 26.7 Å². The van der Waals surface area contributed by atoms with Crippen molar-refractivity contribution >= 4 is 48.6 Å². The highest BCUT2D eigenvalue weighted by Crippen LogP contribution is 2.61. The van der Waals surface area contributed by atoms with Crippen molar-refractivity contribution in [3.8, 4) is 0 Å². The summed E-state index contributed by atoms with van der Waals surface area (Å²) >= 11 is 0. The maximum Gasteiger partial charge on any atom is 0.408 e. The summed E-state index contributed by atoms with van der Waals surface area (Å²) in [6, 6.07) is 35.2. The third-order valence-corrected chi connectivity index (χ3v) is 20.8. The monoisotopic (exact) mass is 905 g/mol. The van der Waals surface area contributed by atoms with Gasteiger partial charge in [-0.05, 0) is 72.8 Å². The molecule has 0 saturated heterocycles. The number of benzene rings is 5. The summed E-state index contributed by atoms with van der Waals surface area (Å²) < 4.78 is 90.1. The molecule has 0 aliphatic rings. The molecule has 0 radical (unpaired) electrons. The van der Waals surface area contributed by atoms with E-state index in [1.165, 1.54) is 0 Å². The Morgan fingerprint density at radius 3 is 1.38 bits per heavy atom. The lowest BCUT2D eigenvalue weighted by molar-refractivity contribution is -0.126. The third-order valence-electron chi connectivity index (χ3n) is 11.2. The first kappa shape index (κ1) is 49.1. The van der Waals surface area contributed by atoms with Crippen LogP contribution in [0.5, 0.6) is 0 Å². The summed E-state index contributed by atoms with van der Waals surface area (Å²) in [7, 11) is -6.78. The molecule has 0 saturated carbocycles. The summed E-state index contributed by atoms with van der Waals surface area (Å²) in [6.45, 7) is 18.7. The van der Waals surface area contributed by atoms with Gasteiger partial charge in [0.25, 0.3) is 8.32 Å². The number of alkyl carbamates (subject to hydrolysis) is 1. The van der Waals surface area contributed by atoms with Gasteiger partial charge in [-0.1, -0.05) is 139 Å². The smallest absolute Gasteiger partial charge is 0.408 e. The topological polar surface area (TPSA) is 76.7 Å². The maximum atomic E-state index is 16.0. The van der Waals surface area contributed by atoms with E-state index >= 15 is 17.6 Å². The van der Waals surface area contributed by atoms with E-state index in [9.17, 15) is 14.0 Å². The molecule has 0 aliphatic carbocycles. The Bertz CT molecular complexity index is 2230. The van der Waals surface area contributed by atoms with E-state index in [2.05, 4.69) is 31.4 Å². The van der Waals surface area contributed by atoms with Crippen LogP contribution in [-0.2, 0) is 20.1 Å². The summed E-state index contributed by atoms with van der Waals surface area (Å²) in [5, 5.41) is 8.57. The Morgan fingerprint density at radius 2 is 1.00 bits per heavy atom. The second-order valence-electron chi connectivity index (χ2n) is 19.1. The van der Waals surface area contributed by atoms with Gasteiger partial charge in [-0.15, -0.1) is 0 Å². The van der Waals surface area contributed by atoms with Crippen molar-refractivity contribution in [3.63, 3.8) is 0 Å². The Morgan fingerprint density at radius 1 is 0.603 bits per heavy atom. The third kappa shape index (κ3) is 10.9. The SMILES string of the molecule is CC(O[Si](c1ccccc1)(c1ccccc1)C(C)(C)C)[C@@H](C[P+](Cc1c(F)c(F)c(F)c(F)c1F)(c1ccccc1)c1ccccc1)NC(=O)C(NC(=O)OC(C)(C)C)C(C)(C)C. The first-order valence-corrected chi connectivity index (χ1v) is 25.1. The van der Waals surface area contributed by atoms with Crippen molar-refractivity contribution < 1.29 is 40.7 Å². The molecule has 2 amide bonds. The van der Waals surface area contributed by atoms with Crippen LogP contribution in [0.2, 0.25) is 5.04 Å². The van der Waals surface area contributed by atoms with Gasteiger partial charge in [-0.2, -0.15) is 0 Å². The number of hydrogen-bond donors (Lipinski definition) is 2. The van der Waals surface area contributed by atoms with Crippen LogP contribution in [0, 0.1) is 34.5 Å². The largest absolute Gasteiger partial charge is 0.444 e. The summed E-state index contributed by atoms with van der Waals surface area (Å²) in [5.74, 6) is -10.8. The van der Waals surface area contributed by atoms with E-state index in [1.807, 2.05) is 67.6 Å². The molecule has 0 heterocycles. The minimum Gasteiger partial charge on any atom is -0.444 e. The van der Waals surface area contributed by atoms with Crippen molar-refractivity contribution in [1.82, 2.24) is 10.6 Å². The Hall–Kier alpha value is -4.90. The molecule has 0 aromatic heterocycles. The molecule has 63 heavy (non-hydrogen) atoms. The van der Waals surface area contributed by atoms with Gasteiger partial charge < -0.3 is 19.8 Å². The molecule has 0 bridgehead atoms. The quantitative estimate of drug-likeness (QED) is 0.0383. The van der Waals surface area contributed by atoms with Gasteiger partial charge in [0.05, 0.1) is 47.9 Å². The van der Waals surface area contributed by atoms with E-state index in [0.717, 1.165) is 10.4 Å². The highest BCUT2D eigenvalue weighted by atomic mass is 31.2. The molecule has 0 aliphatic heterocycles. The predicted octanol–water partition coefficient (Wildman–Crippen LogP) is 9.94. The molecule has 0 spiro atoms. The molecular formula is C50H59F5N2O4PSi+. The van der Waals surface area contributed by atoms with E-state index in [4.69, 9.17) is 9.16 Å². The summed E-state index contributed by atoms with van der Waals surface area (Å²) in [6.07, 6.45) is -2.34. The molecule has 2 N–H and O–H groups in total. The standard InChI is InChI=1S/C50H58F5N2O4PSi/c1-33(61-63(50(8,9)10,36-27-19-13-20-28-36)37-29-21-14-22-30-37)39(56-46(58)45(48(2,3)4)57-47(59)60-49(5,6)7)32-62(34-23-15-11-16-24-34,35-25-17-12-18-26-35)31-38-40(51)42(53)44(55)43(54)41(38)52/h11-30,33,39,45H,31-32H2,1-10H3,(H-,56,57,58,59)/p+1/t33?,39-,45?/m1/s1. The second-order valence-corrected chi connectivity index (χ2v) is 27.0. The predicted molar refractivity (Wildman–Crippen MR) is 247 cm³/mol. The minimum absolute atomic E-state index is 0.0606. The van der Waals surface area contributed by atoms with Gasteiger partial charge in [-0.25, -0.2) is 26.7 Å². The average Bonchev–Trinajstić information content (AvgIpc) is 3.23. The number of hydrogen-bond acceptors (Lipinski definition) is 4. The van der Waals surface area contributed by atoms with Crippen molar-refractivity contribution in [2.45, 2.75) is 104 Å². The van der Waals surface area contributed by atoms with Gasteiger partial charge in [0.2, 0.25) is 11.7 Å². The van der Waals surface area contributed by atoms with Crippen molar-refractivity contribution in [2.75, 3.05) is 6.16 Å². The van der Waals surface area contributed by atoms with Crippen molar-refractivity contribution in [1.29, 1.82) is 0 Å². The van der Waals surface area contributed by atoms with Crippen LogP contribution in [-0.4, -0.2) is 50.3 Å². The van der Waals surface area contributed by atoms with Gasteiger partial charge in [0, 0.05) is 0 Å². The lowest BCUT2D eigenvalue weighted by Gasteiger charge is -2.46. The fourth-order valence-electron chi connectivity index (χ4n) is 8.16. The first-order valence-electron chi connectivity index (χ1n) is 21.0. The van der Waals surface area contributed by atoms with E-state index < -0.39 is 103 Å².